The van der Waals surface area contributed by atoms with Gasteiger partial charge in [-0.3, -0.25) is 9.59 Å². The quantitative estimate of drug-likeness (QED) is 0.631. The summed E-state index contributed by atoms with van der Waals surface area (Å²) in [4.78, 5) is 25.2. The summed E-state index contributed by atoms with van der Waals surface area (Å²) in [5.41, 5.74) is -1.76. The van der Waals surface area contributed by atoms with Gasteiger partial charge in [0.25, 0.3) is 0 Å². The molecule has 2 bridgehead atoms. The van der Waals surface area contributed by atoms with Gasteiger partial charge in [-0.1, -0.05) is 19.9 Å². The number of ketones is 1. The molecule has 5 nitrogen and oxygen atoms in total. The van der Waals surface area contributed by atoms with Gasteiger partial charge in [-0.2, -0.15) is 0 Å². The maximum atomic E-state index is 13.1. The molecule has 8 atom stereocenters. The van der Waals surface area contributed by atoms with Crippen molar-refractivity contribution < 1.29 is 24.9 Å². The second kappa shape index (κ2) is 4.95. The molecule has 1 spiro atoms. The zero-order valence-corrected chi connectivity index (χ0v) is 15.0. The topological polar surface area (TPSA) is 94.8 Å². The molecule has 138 valence electrons. The smallest absolute Gasteiger partial charge is 0.309 e. The van der Waals surface area contributed by atoms with Gasteiger partial charge in [0.1, 0.15) is 0 Å². The van der Waals surface area contributed by atoms with Crippen LogP contribution in [0.3, 0.4) is 0 Å². The van der Waals surface area contributed by atoms with Crippen molar-refractivity contribution in [3.05, 3.63) is 12.2 Å². The lowest BCUT2D eigenvalue weighted by Crippen LogP contribution is -2.67. The van der Waals surface area contributed by atoms with Crippen molar-refractivity contribution in [1.82, 2.24) is 0 Å². The Morgan fingerprint density at radius 2 is 1.80 bits per heavy atom. The third-order valence-electron chi connectivity index (χ3n) is 8.32. The average molecular weight is 348 g/mol. The van der Waals surface area contributed by atoms with E-state index in [9.17, 15) is 24.9 Å². The Morgan fingerprint density at radius 1 is 1.12 bits per heavy atom. The van der Waals surface area contributed by atoms with Crippen molar-refractivity contribution in [2.75, 3.05) is 0 Å². The predicted octanol–water partition coefficient (Wildman–Crippen LogP) is 2.16. The molecular formula is C20H28O5. The Bertz CT molecular complexity index is 671. The first-order valence-corrected chi connectivity index (χ1v) is 9.41. The Hall–Kier alpha value is -1.20. The van der Waals surface area contributed by atoms with Crippen LogP contribution in [0, 0.1) is 34.0 Å². The minimum Gasteiger partial charge on any atom is -0.481 e. The third-order valence-corrected chi connectivity index (χ3v) is 8.32. The summed E-state index contributed by atoms with van der Waals surface area (Å²) in [5, 5.41) is 32.0. The molecule has 0 saturated heterocycles. The highest BCUT2D eigenvalue weighted by Gasteiger charge is 2.72. The average Bonchev–Trinajstić information content (AvgIpc) is 2.67. The van der Waals surface area contributed by atoms with Crippen LogP contribution in [0.1, 0.15) is 52.4 Å². The molecule has 4 aliphatic carbocycles. The highest BCUT2D eigenvalue weighted by molar-refractivity contribution is 6.03. The summed E-state index contributed by atoms with van der Waals surface area (Å²) in [6, 6.07) is 0. The standard InChI is InChI=1S/C20H28O5/c1-10-11-7-12(21)15-18(2)5-4-6-19(3,17(24)25)14(18)13(22)9-20(15,8-11)16(10)23/h11-15,21-22H,1,4-9H2,2-3H3,(H,24,25)/t11-,12+,13-,14-,15+,18-,19-,20+/m1/s1. The van der Waals surface area contributed by atoms with Crippen LogP contribution in [-0.4, -0.2) is 39.3 Å². The summed E-state index contributed by atoms with van der Waals surface area (Å²) in [6.45, 7) is 7.70. The van der Waals surface area contributed by atoms with E-state index >= 15 is 0 Å². The number of carboxylic acid groups (broad SMARTS) is 1. The number of carbonyl (C=O) groups is 2. The van der Waals surface area contributed by atoms with Crippen LogP contribution in [-0.2, 0) is 9.59 Å². The number of rotatable bonds is 1. The Labute approximate surface area is 148 Å². The largest absolute Gasteiger partial charge is 0.481 e. The summed E-state index contributed by atoms with van der Waals surface area (Å²) in [6.07, 6.45) is 1.95. The molecule has 3 N–H and O–H groups in total. The molecule has 4 aliphatic rings. The molecule has 0 unspecified atom stereocenters. The first-order valence-electron chi connectivity index (χ1n) is 9.41. The molecule has 4 rings (SSSR count). The van der Waals surface area contributed by atoms with Gasteiger partial charge >= 0.3 is 5.97 Å². The molecule has 4 saturated carbocycles. The Morgan fingerprint density at radius 3 is 2.44 bits per heavy atom. The Balaban J connectivity index is 1.88. The molecule has 0 aromatic heterocycles. The van der Waals surface area contributed by atoms with Crippen molar-refractivity contribution in [3.8, 4) is 0 Å². The number of aliphatic hydroxyl groups excluding tert-OH is 2. The summed E-state index contributed by atoms with van der Waals surface area (Å²) in [7, 11) is 0. The normalized spacial score (nSPS) is 54.8. The molecular weight excluding hydrogens is 320 g/mol. The Kier molecular flexibility index (Phi) is 3.41. The number of allylic oxidation sites excluding steroid dienone is 1. The zero-order valence-electron chi connectivity index (χ0n) is 15.0. The maximum absolute atomic E-state index is 13.1. The number of Topliss-reactive ketones (excluding diaryl/α,β-unsaturated/α-hetero) is 1. The number of carboxylic acids is 1. The number of fused-ring (bicyclic) bond motifs is 3. The fourth-order valence-electron chi connectivity index (χ4n) is 7.64. The van der Waals surface area contributed by atoms with Gasteiger partial charge in [-0.25, -0.2) is 0 Å². The molecule has 4 fully saturated rings. The van der Waals surface area contributed by atoms with Crippen molar-refractivity contribution in [1.29, 1.82) is 0 Å². The van der Waals surface area contributed by atoms with E-state index in [1.54, 1.807) is 6.92 Å². The van der Waals surface area contributed by atoms with Crippen molar-refractivity contribution >= 4 is 11.8 Å². The highest BCUT2D eigenvalue weighted by Crippen LogP contribution is 2.71. The third kappa shape index (κ3) is 1.86. The van der Waals surface area contributed by atoms with Crippen molar-refractivity contribution in [3.63, 3.8) is 0 Å². The zero-order chi connectivity index (χ0) is 18.4. The van der Waals surface area contributed by atoms with Crippen molar-refractivity contribution in [2.45, 2.75) is 64.6 Å². The number of aliphatic hydroxyl groups is 2. The van der Waals surface area contributed by atoms with Gasteiger partial charge in [0.15, 0.2) is 5.78 Å². The minimum atomic E-state index is -1.02. The van der Waals surface area contributed by atoms with Gasteiger partial charge in [0, 0.05) is 17.3 Å². The van der Waals surface area contributed by atoms with E-state index in [-0.39, 0.29) is 24.0 Å². The molecule has 0 amide bonds. The first kappa shape index (κ1) is 17.2. The predicted molar refractivity (Wildman–Crippen MR) is 90.6 cm³/mol. The van der Waals surface area contributed by atoms with Gasteiger partial charge in [0.05, 0.1) is 17.6 Å². The summed E-state index contributed by atoms with van der Waals surface area (Å²) in [5.74, 6) is -1.63. The molecule has 0 aromatic rings. The minimum absolute atomic E-state index is 0.000349. The van der Waals surface area contributed by atoms with E-state index in [2.05, 4.69) is 6.58 Å². The number of aliphatic carboxylic acids is 1. The summed E-state index contributed by atoms with van der Waals surface area (Å²) < 4.78 is 0. The van der Waals surface area contributed by atoms with Crippen LogP contribution >= 0.6 is 0 Å². The van der Waals surface area contributed by atoms with Gasteiger partial charge in [-0.05, 0) is 55.9 Å². The van der Waals surface area contributed by atoms with Crippen LogP contribution in [0.5, 0.6) is 0 Å². The van der Waals surface area contributed by atoms with E-state index < -0.39 is 40.3 Å². The second-order valence-corrected chi connectivity index (χ2v) is 9.52. The second-order valence-electron chi connectivity index (χ2n) is 9.52. The fourth-order valence-corrected chi connectivity index (χ4v) is 7.64. The van der Waals surface area contributed by atoms with E-state index in [1.807, 2.05) is 6.92 Å². The van der Waals surface area contributed by atoms with Crippen LogP contribution in [0.4, 0.5) is 0 Å². The van der Waals surface area contributed by atoms with Crippen LogP contribution in [0.15, 0.2) is 12.2 Å². The first-order chi connectivity index (χ1) is 11.6. The number of carbonyl (C=O) groups excluding carboxylic acids is 1. The number of hydrogen-bond donors (Lipinski definition) is 3. The molecule has 5 heteroatoms. The van der Waals surface area contributed by atoms with E-state index in [0.29, 0.717) is 24.8 Å². The molecule has 0 radical (unpaired) electrons. The molecule has 0 heterocycles. The van der Waals surface area contributed by atoms with Gasteiger partial charge in [-0.15, -0.1) is 0 Å². The van der Waals surface area contributed by atoms with Crippen molar-refractivity contribution in [2.24, 2.45) is 34.0 Å². The van der Waals surface area contributed by atoms with Crippen LogP contribution in [0.25, 0.3) is 0 Å². The van der Waals surface area contributed by atoms with Crippen LogP contribution in [0.2, 0.25) is 0 Å². The van der Waals surface area contributed by atoms with E-state index in [4.69, 9.17) is 0 Å². The molecule has 0 aromatic carbocycles. The monoisotopic (exact) mass is 348 g/mol. The SMILES string of the molecule is C=C1C(=O)[C@]23C[C@H]1C[C@H](O)[C@H]2[C@]1(C)CCC[C@@](C)(C(=O)O)[C@@H]1[C@H](O)C3. The van der Waals surface area contributed by atoms with E-state index in [0.717, 1.165) is 12.8 Å². The lowest BCUT2D eigenvalue weighted by Gasteiger charge is -2.64. The summed E-state index contributed by atoms with van der Waals surface area (Å²) >= 11 is 0. The lowest BCUT2D eigenvalue weighted by molar-refractivity contribution is -0.228. The van der Waals surface area contributed by atoms with E-state index in [1.165, 1.54) is 0 Å². The molecule has 25 heavy (non-hydrogen) atoms. The van der Waals surface area contributed by atoms with Crippen LogP contribution < -0.4 is 0 Å². The number of hydrogen-bond acceptors (Lipinski definition) is 4. The highest BCUT2D eigenvalue weighted by atomic mass is 16.4. The maximum Gasteiger partial charge on any atom is 0.309 e. The lowest BCUT2D eigenvalue weighted by atomic mass is 9.39. The van der Waals surface area contributed by atoms with Gasteiger partial charge < -0.3 is 15.3 Å². The molecule has 0 aliphatic heterocycles. The van der Waals surface area contributed by atoms with Gasteiger partial charge in [0.2, 0.25) is 0 Å². The fraction of sp³-hybridized carbons (Fsp3) is 0.800.